The van der Waals surface area contributed by atoms with Gasteiger partial charge in [-0.2, -0.15) is 0 Å². The molecule has 0 fully saturated rings. The summed E-state index contributed by atoms with van der Waals surface area (Å²) in [6.45, 7) is 29.2. The van der Waals surface area contributed by atoms with Crippen LogP contribution in [0.4, 0.5) is 0 Å². The summed E-state index contributed by atoms with van der Waals surface area (Å²) in [6, 6.07) is 15.4. The predicted octanol–water partition coefficient (Wildman–Crippen LogP) is 11.3. The fraction of sp³-hybridized carbons (Fsp3) is 0.378. The molecule has 0 saturated heterocycles. The van der Waals surface area contributed by atoms with E-state index in [2.05, 4.69) is 57.9 Å². The van der Waals surface area contributed by atoms with Gasteiger partial charge in [0.1, 0.15) is 6.61 Å². The van der Waals surface area contributed by atoms with Crippen LogP contribution < -0.4 is 0 Å². The van der Waals surface area contributed by atoms with Crippen LogP contribution >= 0.6 is 0 Å². The molecule has 0 spiro atoms. The normalized spacial score (nSPS) is 11.6. The first-order valence-corrected chi connectivity index (χ1v) is 20.8. The number of allylic oxidation sites excluding steroid dienone is 7. The third-order valence-electron chi connectivity index (χ3n) is 9.17. The maximum absolute atomic E-state index is 14.5. The Morgan fingerprint density at radius 2 is 0.923 bits per heavy atom. The third kappa shape index (κ3) is 13.5. The minimum atomic E-state index is -4.49. The predicted molar refractivity (Wildman–Crippen MR) is 219 cm³/mol. The SMILES string of the molecule is C=CCCC(=C)CCC(=C)CCC(=C)CCC(=C)CCC(=C)CCC(=C)CC(CC#CCOC)(S(=O)(=O)c1ccccc1)S(=O)(=O)c1ccccc1. The fourth-order valence-corrected chi connectivity index (χ4v) is 10.6. The summed E-state index contributed by atoms with van der Waals surface area (Å²) in [5, 5.41) is 0. The Bertz CT molecular complexity index is 1770. The highest BCUT2D eigenvalue weighted by Gasteiger charge is 2.55. The lowest BCUT2D eigenvalue weighted by molar-refractivity contribution is 0.239. The summed E-state index contributed by atoms with van der Waals surface area (Å²) < 4.78 is 60.7. The van der Waals surface area contributed by atoms with E-state index in [1.165, 1.54) is 48.1 Å². The number of methoxy groups -OCH3 is 1. The van der Waals surface area contributed by atoms with E-state index in [4.69, 9.17) is 4.74 Å². The van der Waals surface area contributed by atoms with Crippen LogP contribution in [0.2, 0.25) is 0 Å². The zero-order valence-corrected chi connectivity index (χ0v) is 32.9. The molecule has 7 heteroatoms. The van der Waals surface area contributed by atoms with Crippen molar-refractivity contribution >= 4 is 19.7 Å². The molecule has 0 unspecified atom stereocenters. The van der Waals surface area contributed by atoms with Gasteiger partial charge in [0.15, 0.2) is 23.8 Å². The number of sulfone groups is 2. The van der Waals surface area contributed by atoms with Gasteiger partial charge in [-0.3, -0.25) is 0 Å². The lowest BCUT2D eigenvalue weighted by atomic mass is 9.94. The molecule has 0 heterocycles. The molecule has 5 nitrogen and oxygen atoms in total. The average molecular weight is 743 g/mol. The molecule has 52 heavy (non-hydrogen) atoms. The summed E-state index contributed by atoms with van der Waals surface area (Å²) >= 11 is 0. The number of ether oxygens (including phenoxy) is 1. The van der Waals surface area contributed by atoms with Crippen LogP contribution in [0, 0.1) is 11.8 Å². The second kappa shape index (κ2) is 22.2. The van der Waals surface area contributed by atoms with Gasteiger partial charge < -0.3 is 4.74 Å². The van der Waals surface area contributed by atoms with E-state index >= 15 is 0 Å². The van der Waals surface area contributed by atoms with E-state index in [9.17, 15) is 16.8 Å². The molecule has 280 valence electrons. The molecule has 0 radical (unpaired) electrons. The molecular formula is C45H58O5S2. The zero-order valence-electron chi connectivity index (χ0n) is 31.3. The molecule has 0 atom stereocenters. The largest absolute Gasteiger partial charge is 0.372 e. The Morgan fingerprint density at radius 3 is 1.27 bits per heavy atom. The number of rotatable bonds is 26. The standard InChI is InChI=1S/C45H58O5S2/c1-9-10-19-37(2)24-25-38(3)26-27-39(4)28-29-40(5)30-31-41(6)32-33-42(7)36-45(34-17-18-35-50-8,51(46,47)43-20-13-11-14-21-43)52(48,49)44-22-15-12-16-23-44/h9,11-16,20-23H,1-7,10,19,24-36H2,8H3. The highest BCUT2D eigenvalue weighted by atomic mass is 32.3. The molecule has 0 saturated carbocycles. The molecule has 0 aliphatic rings. The highest BCUT2D eigenvalue weighted by Crippen LogP contribution is 2.43. The van der Waals surface area contributed by atoms with Crippen LogP contribution in [-0.4, -0.2) is 34.6 Å². The molecule has 0 N–H and O–H groups in total. The van der Waals surface area contributed by atoms with E-state index < -0.39 is 30.2 Å². The van der Waals surface area contributed by atoms with Gasteiger partial charge in [0, 0.05) is 20.0 Å². The van der Waals surface area contributed by atoms with Gasteiger partial charge in [0.05, 0.1) is 9.79 Å². The Balaban J connectivity index is 2.06. The van der Waals surface area contributed by atoms with Crippen LogP contribution in [0.5, 0.6) is 0 Å². The summed E-state index contributed by atoms with van der Waals surface area (Å²) in [6.07, 6.45) is 11.0. The first-order valence-electron chi connectivity index (χ1n) is 17.8. The van der Waals surface area contributed by atoms with Gasteiger partial charge in [-0.15, -0.1) is 6.58 Å². The van der Waals surface area contributed by atoms with Crippen LogP contribution in [0.15, 0.2) is 156 Å². The lowest BCUT2D eigenvalue weighted by Crippen LogP contribution is -2.46. The van der Waals surface area contributed by atoms with Crippen LogP contribution in [0.3, 0.4) is 0 Å². The van der Waals surface area contributed by atoms with Crippen molar-refractivity contribution in [1.29, 1.82) is 0 Å². The third-order valence-corrected chi connectivity index (χ3v) is 14.8. The minimum Gasteiger partial charge on any atom is -0.372 e. The van der Waals surface area contributed by atoms with E-state index in [1.54, 1.807) is 36.4 Å². The minimum absolute atomic E-state index is 0.0382. The smallest absolute Gasteiger partial charge is 0.200 e. The van der Waals surface area contributed by atoms with Crippen molar-refractivity contribution in [2.75, 3.05) is 13.7 Å². The summed E-state index contributed by atoms with van der Waals surface area (Å²) in [7, 11) is -7.51. The molecule has 0 aliphatic carbocycles. The molecular weight excluding hydrogens is 685 g/mol. The number of hydrogen-bond acceptors (Lipinski definition) is 5. The Kier molecular flexibility index (Phi) is 18.9. The Morgan fingerprint density at radius 1 is 0.577 bits per heavy atom. The fourth-order valence-electron chi connectivity index (χ4n) is 5.70. The molecule has 2 aromatic rings. The summed E-state index contributed by atoms with van der Waals surface area (Å²) in [5.74, 6) is 5.58. The van der Waals surface area contributed by atoms with Crippen LogP contribution in [-0.2, 0) is 24.4 Å². The first-order chi connectivity index (χ1) is 24.7. The lowest BCUT2D eigenvalue weighted by Gasteiger charge is -2.32. The monoisotopic (exact) mass is 742 g/mol. The van der Waals surface area contributed by atoms with Crippen LogP contribution in [0.25, 0.3) is 0 Å². The molecule has 0 bridgehead atoms. The Hall–Kier alpha value is -3.96. The molecule has 0 aromatic heterocycles. The van der Waals surface area contributed by atoms with Gasteiger partial charge in [-0.1, -0.05) is 127 Å². The molecule has 2 rings (SSSR count). The van der Waals surface area contributed by atoms with Gasteiger partial charge in [-0.25, -0.2) is 16.8 Å². The summed E-state index contributed by atoms with van der Waals surface area (Å²) in [4.78, 5) is -0.180. The van der Waals surface area contributed by atoms with Gasteiger partial charge in [-0.05, 0) is 101 Å². The molecule has 0 amide bonds. The van der Waals surface area contributed by atoms with Crippen molar-refractivity contribution in [2.24, 2.45) is 0 Å². The molecule has 0 aliphatic heterocycles. The number of benzene rings is 2. The Labute approximate surface area is 315 Å². The van der Waals surface area contributed by atoms with Crippen molar-refractivity contribution in [3.05, 3.63) is 146 Å². The maximum atomic E-state index is 14.5. The second-order valence-corrected chi connectivity index (χ2v) is 18.3. The topological polar surface area (TPSA) is 77.5 Å². The maximum Gasteiger partial charge on any atom is 0.200 e. The second-order valence-electron chi connectivity index (χ2n) is 13.5. The van der Waals surface area contributed by atoms with Gasteiger partial charge in [0.2, 0.25) is 0 Å². The van der Waals surface area contributed by atoms with Gasteiger partial charge in [0.25, 0.3) is 0 Å². The number of hydrogen-bond donors (Lipinski definition) is 0. The first kappa shape index (κ1) is 44.2. The van der Waals surface area contributed by atoms with Crippen molar-refractivity contribution in [2.45, 2.75) is 104 Å². The van der Waals surface area contributed by atoms with E-state index in [-0.39, 0.29) is 22.8 Å². The zero-order chi connectivity index (χ0) is 38.6. The highest BCUT2D eigenvalue weighted by molar-refractivity contribution is 8.10. The molecule has 2 aromatic carbocycles. The van der Waals surface area contributed by atoms with Crippen molar-refractivity contribution in [1.82, 2.24) is 0 Å². The van der Waals surface area contributed by atoms with E-state index in [1.807, 2.05) is 6.08 Å². The van der Waals surface area contributed by atoms with E-state index in [0.717, 1.165) is 75.4 Å². The van der Waals surface area contributed by atoms with E-state index in [0.29, 0.717) is 18.4 Å². The summed E-state index contributed by atoms with van der Waals surface area (Å²) in [5.41, 5.74) is 6.24. The van der Waals surface area contributed by atoms with Crippen molar-refractivity contribution in [3.8, 4) is 11.8 Å². The van der Waals surface area contributed by atoms with Crippen LogP contribution in [0.1, 0.15) is 89.9 Å². The van der Waals surface area contributed by atoms with Crippen molar-refractivity contribution in [3.63, 3.8) is 0 Å². The van der Waals surface area contributed by atoms with Gasteiger partial charge >= 0.3 is 0 Å². The average Bonchev–Trinajstić information content (AvgIpc) is 3.14. The quantitative estimate of drug-likeness (QED) is 0.0708. The van der Waals surface area contributed by atoms with Crippen molar-refractivity contribution < 1.29 is 21.6 Å².